The monoisotopic (exact) mass is 351 g/mol. The van der Waals surface area contributed by atoms with E-state index in [1.54, 1.807) is 6.20 Å². The van der Waals surface area contributed by atoms with Crippen molar-refractivity contribution in [3.05, 3.63) is 53.7 Å². The van der Waals surface area contributed by atoms with Gasteiger partial charge in [0, 0.05) is 25.7 Å². The molecule has 0 bridgehead atoms. The lowest BCUT2D eigenvalue weighted by molar-refractivity contribution is 0.0933. The Kier molecular flexibility index (Phi) is 5.04. The fraction of sp³-hybridized carbons (Fsp3) is 0.429. The highest BCUT2D eigenvalue weighted by atomic mass is 16.5. The number of hydrogen-bond acceptors (Lipinski definition) is 4. The van der Waals surface area contributed by atoms with Gasteiger partial charge in [-0.2, -0.15) is 0 Å². The number of para-hydroxylation sites is 1. The van der Waals surface area contributed by atoms with E-state index in [0.29, 0.717) is 12.1 Å². The van der Waals surface area contributed by atoms with Crippen LogP contribution in [0.4, 0.5) is 5.82 Å². The molecule has 1 N–H and O–H groups in total. The van der Waals surface area contributed by atoms with E-state index < -0.39 is 0 Å². The minimum absolute atomic E-state index is 0.000632. The highest BCUT2D eigenvalue weighted by molar-refractivity contribution is 5.94. The number of nitrogens with one attached hydrogen (secondary N) is 1. The third kappa shape index (κ3) is 3.82. The van der Waals surface area contributed by atoms with Crippen LogP contribution in [0.2, 0.25) is 0 Å². The summed E-state index contributed by atoms with van der Waals surface area (Å²) < 4.78 is 5.87. The third-order valence-electron chi connectivity index (χ3n) is 5.14. The number of aromatic nitrogens is 1. The molecule has 1 fully saturated rings. The van der Waals surface area contributed by atoms with Crippen LogP contribution in [0, 0.1) is 0 Å². The molecule has 1 unspecified atom stereocenters. The average Bonchev–Trinajstić information content (AvgIpc) is 2.90. The van der Waals surface area contributed by atoms with Crippen LogP contribution in [-0.4, -0.2) is 36.6 Å². The van der Waals surface area contributed by atoms with Crippen molar-refractivity contribution >= 4 is 11.7 Å². The molecule has 0 aliphatic carbocycles. The Bertz CT molecular complexity index is 727. The molecule has 1 atom stereocenters. The van der Waals surface area contributed by atoms with Gasteiger partial charge in [-0.1, -0.05) is 31.0 Å². The zero-order chi connectivity index (χ0) is 17.8. The van der Waals surface area contributed by atoms with Crippen molar-refractivity contribution in [2.24, 2.45) is 0 Å². The number of hydrogen-bond donors (Lipinski definition) is 1. The number of ether oxygens (including phenoxy) is 1. The molecule has 0 radical (unpaired) electrons. The molecule has 2 aliphatic rings. The molecule has 1 aromatic heterocycles. The van der Waals surface area contributed by atoms with Crippen molar-refractivity contribution in [2.45, 2.75) is 38.2 Å². The van der Waals surface area contributed by atoms with E-state index in [0.717, 1.165) is 31.1 Å². The van der Waals surface area contributed by atoms with Crippen molar-refractivity contribution in [2.75, 3.05) is 24.5 Å². The molecule has 2 aromatic rings. The third-order valence-corrected chi connectivity index (χ3v) is 5.14. The van der Waals surface area contributed by atoms with Gasteiger partial charge in [0.1, 0.15) is 17.7 Å². The van der Waals surface area contributed by atoms with Crippen LogP contribution >= 0.6 is 0 Å². The molecule has 1 saturated heterocycles. The number of carbonyl (C=O) groups is 1. The quantitative estimate of drug-likeness (QED) is 0.919. The van der Waals surface area contributed by atoms with Crippen LogP contribution in [-0.2, 0) is 6.42 Å². The van der Waals surface area contributed by atoms with Gasteiger partial charge in [-0.25, -0.2) is 4.98 Å². The smallest absolute Gasteiger partial charge is 0.252 e. The lowest BCUT2D eigenvalue weighted by Gasteiger charge is -2.21. The summed E-state index contributed by atoms with van der Waals surface area (Å²) in [7, 11) is 0. The van der Waals surface area contributed by atoms with Crippen molar-refractivity contribution in [3.63, 3.8) is 0 Å². The van der Waals surface area contributed by atoms with Gasteiger partial charge in [-0.15, -0.1) is 0 Å². The Labute approximate surface area is 154 Å². The van der Waals surface area contributed by atoms with E-state index in [1.165, 1.54) is 31.2 Å². The van der Waals surface area contributed by atoms with Gasteiger partial charge in [-0.05, 0) is 36.6 Å². The Morgan fingerprint density at radius 2 is 1.92 bits per heavy atom. The van der Waals surface area contributed by atoms with E-state index in [-0.39, 0.29) is 12.0 Å². The number of nitrogens with zero attached hydrogens (tertiary/aromatic N) is 2. The van der Waals surface area contributed by atoms with Crippen LogP contribution in [0.5, 0.6) is 5.75 Å². The molecule has 0 saturated carbocycles. The molecule has 4 rings (SSSR count). The first kappa shape index (κ1) is 16.9. The standard InChI is InChI=1S/C21H25N3O2/c25-21(23-15-18-13-16-7-3-4-8-19(16)26-18)17-9-10-20(22-14-17)24-11-5-1-2-6-12-24/h3-4,7-10,14,18H,1-2,5-6,11-13,15H2,(H,23,25). The van der Waals surface area contributed by atoms with Gasteiger partial charge in [-0.3, -0.25) is 4.79 Å². The molecule has 5 heteroatoms. The summed E-state index contributed by atoms with van der Waals surface area (Å²) in [5.41, 5.74) is 1.80. The Hall–Kier alpha value is -2.56. The molecular weight excluding hydrogens is 326 g/mol. The molecule has 26 heavy (non-hydrogen) atoms. The Morgan fingerprint density at radius 1 is 1.12 bits per heavy atom. The van der Waals surface area contributed by atoms with Gasteiger partial charge in [0.2, 0.25) is 0 Å². The number of pyridine rings is 1. The second-order valence-corrected chi connectivity index (χ2v) is 7.07. The highest BCUT2D eigenvalue weighted by Gasteiger charge is 2.23. The summed E-state index contributed by atoms with van der Waals surface area (Å²) in [5.74, 6) is 1.80. The summed E-state index contributed by atoms with van der Waals surface area (Å²) in [5, 5.41) is 2.97. The van der Waals surface area contributed by atoms with Crippen LogP contribution in [0.1, 0.15) is 41.6 Å². The van der Waals surface area contributed by atoms with Crippen molar-refractivity contribution in [3.8, 4) is 5.75 Å². The molecule has 3 heterocycles. The van der Waals surface area contributed by atoms with Crippen molar-refractivity contribution in [1.82, 2.24) is 10.3 Å². The lowest BCUT2D eigenvalue weighted by Crippen LogP contribution is -2.34. The Balaban J connectivity index is 1.31. The number of benzene rings is 1. The van der Waals surface area contributed by atoms with Crippen LogP contribution in [0.3, 0.4) is 0 Å². The van der Waals surface area contributed by atoms with Crippen LogP contribution in [0.15, 0.2) is 42.6 Å². The maximum Gasteiger partial charge on any atom is 0.252 e. The summed E-state index contributed by atoms with van der Waals surface area (Å²) in [6.07, 6.45) is 7.54. The predicted molar refractivity (Wildman–Crippen MR) is 102 cm³/mol. The van der Waals surface area contributed by atoms with Crippen molar-refractivity contribution < 1.29 is 9.53 Å². The first-order valence-electron chi connectivity index (χ1n) is 9.53. The molecule has 0 spiro atoms. The normalized spacial score (nSPS) is 19.4. The van der Waals surface area contributed by atoms with E-state index in [1.807, 2.05) is 30.3 Å². The number of fused-ring (bicyclic) bond motifs is 1. The van der Waals surface area contributed by atoms with E-state index in [4.69, 9.17) is 4.74 Å². The zero-order valence-electron chi connectivity index (χ0n) is 15.0. The van der Waals surface area contributed by atoms with Crippen LogP contribution < -0.4 is 15.0 Å². The Morgan fingerprint density at radius 3 is 2.65 bits per heavy atom. The highest BCUT2D eigenvalue weighted by Crippen LogP contribution is 2.27. The minimum atomic E-state index is -0.0977. The zero-order valence-corrected chi connectivity index (χ0v) is 15.0. The minimum Gasteiger partial charge on any atom is -0.488 e. The SMILES string of the molecule is O=C(NCC1Cc2ccccc2O1)c1ccc(N2CCCCCC2)nc1. The van der Waals surface area contributed by atoms with Gasteiger partial charge in [0.15, 0.2) is 0 Å². The molecule has 136 valence electrons. The largest absolute Gasteiger partial charge is 0.488 e. The number of amides is 1. The van der Waals surface area contributed by atoms with Gasteiger partial charge in [0.25, 0.3) is 5.91 Å². The fourth-order valence-electron chi connectivity index (χ4n) is 3.68. The van der Waals surface area contributed by atoms with Crippen LogP contribution in [0.25, 0.3) is 0 Å². The number of anilines is 1. The topological polar surface area (TPSA) is 54.5 Å². The first-order valence-corrected chi connectivity index (χ1v) is 9.53. The molecule has 1 amide bonds. The van der Waals surface area contributed by atoms with E-state index in [2.05, 4.69) is 21.3 Å². The number of carbonyl (C=O) groups excluding carboxylic acids is 1. The van der Waals surface area contributed by atoms with E-state index >= 15 is 0 Å². The predicted octanol–water partition coefficient (Wildman–Crippen LogP) is 3.20. The van der Waals surface area contributed by atoms with Gasteiger partial charge >= 0.3 is 0 Å². The lowest BCUT2D eigenvalue weighted by atomic mass is 10.1. The summed E-state index contributed by atoms with van der Waals surface area (Å²) >= 11 is 0. The fourth-order valence-corrected chi connectivity index (χ4v) is 3.68. The summed E-state index contributed by atoms with van der Waals surface area (Å²) in [4.78, 5) is 19.2. The van der Waals surface area contributed by atoms with Gasteiger partial charge in [0.05, 0.1) is 12.1 Å². The second kappa shape index (κ2) is 7.77. The van der Waals surface area contributed by atoms with E-state index in [9.17, 15) is 4.79 Å². The second-order valence-electron chi connectivity index (χ2n) is 7.07. The van der Waals surface area contributed by atoms with Crippen molar-refractivity contribution in [1.29, 1.82) is 0 Å². The summed E-state index contributed by atoms with van der Waals surface area (Å²) in [6, 6.07) is 11.9. The maximum absolute atomic E-state index is 12.4. The average molecular weight is 351 g/mol. The first-order chi connectivity index (χ1) is 12.8. The number of rotatable bonds is 4. The summed E-state index contributed by atoms with van der Waals surface area (Å²) in [6.45, 7) is 2.61. The molecule has 1 aromatic carbocycles. The van der Waals surface area contributed by atoms with Gasteiger partial charge < -0.3 is 15.0 Å². The molecule has 5 nitrogen and oxygen atoms in total. The molecular formula is C21H25N3O2. The maximum atomic E-state index is 12.4. The molecule has 2 aliphatic heterocycles.